The monoisotopic (exact) mass is 268 g/mol. The fourth-order valence-corrected chi connectivity index (χ4v) is 2.73. The van der Waals surface area contributed by atoms with Gasteiger partial charge in [0, 0.05) is 12.0 Å². The van der Waals surface area contributed by atoms with Crippen LogP contribution in [0.1, 0.15) is 17.2 Å². The van der Waals surface area contributed by atoms with Crippen molar-refractivity contribution in [2.45, 2.75) is 12.5 Å². The van der Waals surface area contributed by atoms with Crippen LogP contribution in [-0.2, 0) is 6.42 Å². The maximum Gasteiger partial charge on any atom is 0.126 e. The molecule has 0 spiro atoms. The van der Waals surface area contributed by atoms with Crippen LogP contribution < -0.4 is 4.74 Å². The SMILES string of the molecule is COc1cccc(Cl)c1C(O)Cc1ccsc1. The van der Waals surface area contributed by atoms with Crippen molar-refractivity contribution in [1.82, 2.24) is 0 Å². The predicted octanol–water partition coefficient (Wildman–Crippen LogP) is 3.69. The van der Waals surface area contributed by atoms with Crippen LogP contribution in [0.15, 0.2) is 35.0 Å². The molecule has 0 aliphatic carbocycles. The number of hydrogen-bond donors (Lipinski definition) is 1. The second kappa shape index (κ2) is 5.54. The van der Waals surface area contributed by atoms with Gasteiger partial charge in [-0.25, -0.2) is 0 Å². The highest BCUT2D eigenvalue weighted by molar-refractivity contribution is 7.07. The molecule has 0 amide bonds. The van der Waals surface area contributed by atoms with E-state index in [2.05, 4.69) is 0 Å². The summed E-state index contributed by atoms with van der Waals surface area (Å²) in [6.07, 6.45) is -0.0999. The Hall–Kier alpha value is -1.03. The Labute approximate surface area is 109 Å². The van der Waals surface area contributed by atoms with Crippen LogP contribution >= 0.6 is 22.9 Å². The summed E-state index contributed by atoms with van der Waals surface area (Å²) in [6, 6.07) is 7.37. The van der Waals surface area contributed by atoms with Crippen molar-refractivity contribution in [3.05, 3.63) is 51.2 Å². The van der Waals surface area contributed by atoms with Crippen molar-refractivity contribution in [3.8, 4) is 5.75 Å². The maximum absolute atomic E-state index is 10.2. The third-order valence-electron chi connectivity index (χ3n) is 2.58. The maximum atomic E-state index is 10.2. The summed E-state index contributed by atoms with van der Waals surface area (Å²) in [7, 11) is 1.58. The number of rotatable bonds is 4. The van der Waals surface area contributed by atoms with Crippen molar-refractivity contribution in [2.75, 3.05) is 7.11 Å². The smallest absolute Gasteiger partial charge is 0.126 e. The third kappa shape index (κ3) is 2.80. The van der Waals surface area contributed by atoms with E-state index in [-0.39, 0.29) is 0 Å². The molecule has 4 heteroatoms. The first-order valence-corrected chi connectivity index (χ1v) is 6.56. The Morgan fingerprint density at radius 2 is 2.24 bits per heavy atom. The van der Waals surface area contributed by atoms with Crippen LogP contribution in [0.3, 0.4) is 0 Å². The Kier molecular flexibility index (Phi) is 4.05. The van der Waals surface area contributed by atoms with Gasteiger partial charge in [0.1, 0.15) is 5.75 Å². The normalized spacial score (nSPS) is 12.4. The van der Waals surface area contributed by atoms with Gasteiger partial charge in [-0.1, -0.05) is 17.7 Å². The molecule has 2 nitrogen and oxygen atoms in total. The molecule has 1 atom stereocenters. The molecule has 1 aromatic heterocycles. The number of thiophene rings is 1. The number of ether oxygens (including phenoxy) is 1. The number of aliphatic hydroxyl groups is 1. The first-order valence-electron chi connectivity index (χ1n) is 5.24. The van der Waals surface area contributed by atoms with E-state index in [9.17, 15) is 5.11 Å². The van der Waals surface area contributed by atoms with E-state index in [0.717, 1.165) is 5.56 Å². The van der Waals surface area contributed by atoms with E-state index in [0.29, 0.717) is 22.8 Å². The molecule has 0 saturated carbocycles. The number of aliphatic hydroxyl groups excluding tert-OH is 1. The van der Waals surface area contributed by atoms with E-state index < -0.39 is 6.10 Å². The highest BCUT2D eigenvalue weighted by Gasteiger charge is 2.17. The van der Waals surface area contributed by atoms with Gasteiger partial charge in [0.15, 0.2) is 0 Å². The molecule has 1 aromatic carbocycles. The van der Waals surface area contributed by atoms with Crippen LogP contribution in [0, 0.1) is 0 Å². The molecule has 17 heavy (non-hydrogen) atoms. The molecule has 0 saturated heterocycles. The van der Waals surface area contributed by atoms with Crippen LogP contribution in [0.4, 0.5) is 0 Å². The Morgan fingerprint density at radius 1 is 1.41 bits per heavy atom. The van der Waals surface area contributed by atoms with Crippen molar-refractivity contribution in [1.29, 1.82) is 0 Å². The number of methoxy groups -OCH3 is 1. The molecular weight excluding hydrogens is 256 g/mol. The molecule has 0 bridgehead atoms. The van der Waals surface area contributed by atoms with Gasteiger partial charge in [-0.2, -0.15) is 11.3 Å². The molecule has 0 aliphatic rings. The Morgan fingerprint density at radius 3 is 2.88 bits per heavy atom. The highest BCUT2D eigenvalue weighted by Crippen LogP contribution is 2.33. The average Bonchev–Trinajstić information content (AvgIpc) is 2.81. The van der Waals surface area contributed by atoms with Gasteiger partial charge in [-0.05, 0) is 34.5 Å². The molecule has 2 rings (SSSR count). The van der Waals surface area contributed by atoms with E-state index in [1.54, 1.807) is 30.6 Å². The fourth-order valence-electron chi connectivity index (χ4n) is 1.75. The minimum atomic E-state index is -0.645. The zero-order valence-corrected chi connectivity index (χ0v) is 11.0. The van der Waals surface area contributed by atoms with E-state index >= 15 is 0 Å². The fraction of sp³-hybridized carbons (Fsp3) is 0.231. The topological polar surface area (TPSA) is 29.5 Å². The molecule has 90 valence electrons. The lowest BCUT2D eigenvalue weighted by Gasteiger charge is -2.15. The second-order valence-corrected chi connectivity index (χ2v) is 4.89. The van der Waals surface area contributed by atoms with Crippen LogP contribution in [0.2, 0.25) is 5.02 Å². The summed E-state index contributed by atoms with van der Waals surface area (Å²) in [4.78, 5) is 0. The number of hydrogen-bond acceptors (Lipinski definition) is 3. The number of halogens is 1. The second-order valence-electron chi connectivity index (χ2n) is 3.71. The van der Waals surface area contributed by atoms with Crippen LogP contribution in [-0.4, -0.2) is 12.2 Å². The largest absolute Gasteiger partial charge is 0.496 e. The summed E-state index contributed by atoms with van der Waals surface area (Å²) in [5.74, 6) is 0.625. The van der Waals surface area contributed by atoms with Gasteiger partial charge in [-0.15, -0.1) is 0 Å². The molecule has 1 unspecified atom stereocenters. The predicted molar refractivity (Wildman–Crippen MR) is 71.0 cm³/mol. The van der Waals surface area contributed by atoms with Crippen LogP contribution in [0.25, 0.3) is 0 Å². The Balaban J connectivity index is 2.26. The minimum Gasteiger partial charge on any atom is -0.496 e. The lowest BCUT2D eigenvalue weighted by atomic mass is 10.0. The summed E-state index contributed by atoms with van der Waals surface area (Å²) in [6.45, 7) is 0. The average molecular weight is 269 g/mol. The van der Waals surface area contributed by atoms with Crippen LogP contribution in [0.5, 0.6) is 5.75 Å². The lowest BCUT2D eigenvalue weighted by molar-refractivity contribution is 0.174. The van der Waals surface area contributed by atoms with Crippen molar-refractivity contribution in [3.63, 3.8) is 0 Å². The first-order chi connectivity index (χ1) is 8.22. The van der Waals surface area contributed by atoms with E-state index in [4.69, 9.17) is 16.3 Å². The molecule has 1 N–H and O–H groups in total. The highest BCUT2D eigenvalue weighted by atomic mass is 35.5. The van der Waals surface area contributed by atoms with Crippen molar-refractivity contribution in [2.24, 2.45) is 0 Å². The third-order valence-corrected chi connectivity index (χ3v) is 3.64. The zero-order chi connectivity index (χ0) is 12.3. The standard InChI is InChI=1S/C13H13ClO2S/c1-16-12-4-2-3-10(14)13(12)11(15)7-9-5-6-17-8-9/h2-6,8,11,15H,7H2,1H3. The summed E-state index contributed by atoms with van der Waals surface area (Å²) in [5.41, 5.74) is 1.76. The van der Waals surface area contributed by atoms with Gasteiger partial charge in [0.2, 0.25) is 0 Å². The number of benzene rings is 1. The van der Waals surface area contributed by atoms with E-state index in [1.807, 2.05) is 22.9 Å². The summed E-state index contributed by atoms with van der Waals surface area (Å²) < 4.78 is 5.22. The van der Waals surface area contributed by atoms with E-state index in [1.165, 1.54) is 0 Å². The molecule has 0 aliphatic heterocycles. The quantitative estimate of drug-likeness (QED) is 0.916. The van der Waals surface area contributed by atoms with Gasteiger partial charge in [-0.3, -0.25) is 0 Å². The molecule has 0 fully saturated rings. The van der Waals surface area contributed by atoms with Gasteiger partial charge < -0.3 is 9.84 Å². The first kappa shape index (κ1) is 12.4. The molecule has 2 aromatic rings. The van der Waals surface area contributed by atoms with Crippen molar-refractivity contribution < 1.29 is 9.84 Å². The van der Waals surface area contributed by atoms with Gasteiger partial charge >= 0.3 is 0 Å². The van der Waals surface area contributed by atoms with Gasteiger partial charge in [0.05, 0.1) is 18.2 Å². The zero-order valence-electron chi connectivity index (χ0n) is 9.39. The Bertz CT molecular complexity index is 482. The lowest BCUT2D eigenvalue weighted by Crippen LogP contribution is -2.04. The van der Waals surface area contributed by atoms with Gasteiger partial charge in [0.25, 0.3) is 0 Å². The molecule has 1 heterocycles. The summed E-state index contributed by atoms with van der Waals surface area (Å²) >= 11 is 7.72. The molecule has 0 radical (unpaired) electrons. The van der Waals surface area contributed by atoms with Crippen molar-refractivity contribution >= 4 is 22.9 Å². The summed E-state index contributed by atoms with van der Waals surface area (Å²) in [5, 5.41) is 14.8. The molecular formula is C13H13ClO2S. The minimum absolute atomic E-state index is 0.534.